The second-order valence-corrected chi connectivity index (χ2v) is 7.42. The normalized spacial score (nSPS) is 16.3. The number of aliphatic hydroxyl groups is 1. The van der Waals surface area contributed by atoms with Gasteiger partial charge in [0, 0.05) is 17.5 Å². The fourth-order valence-corrected chi connectivity index (χ4v) is 3.27. The molecular formula is C14H18BrNO2S. The molecule has 3 nitrogen and oxygen atoms in total. The highest BCUT2D eigenvalue weighted by molar-refractivity contribution is 9.11. The van der Waals surface area contributed by atoms with Gasteiger partial charge in [0.1, 0.15) is 17.1 Å². The highest BCUT2D eigenvalue weighted by Gasteiger charge is 2.27. The summed E-state index contributed by atoms with van der Waals surface area (Å²) in [5.74, 6) is 1.41. The van der Waals surface area contributed by atoms with E-state index < -0.39 is 5.60 Å². The summed E-state index contributed by atoms with van der Waals surface area (Å²) < 4.78 is 6.61. The summed E-state index contributed by atoms with van der Waals surface area (Å²) in [7, 11) is 0. The molecule has 2 heterocycles. The van der Waals surface area contributed by atoms with E-state index in [2.05, 4.69) is 34.2 Å². The minimum Gasteiger partial charge on any atom is -0.463 e. The molecule has 104 valence electrons. The molecule has 2 aromatic rings. The summed E-state index contributed by atoms with van der Waals surface area (Å²) in [6.07, 6.45) is 0. The van der Waals surface area contributed by atoms with Crippen LogP contribution in [0.4, 0.5) is 0 Å². The Bertz CT molecular complexity index is 547. The molecule has 0 saturated heterocycles. The van der Waals surface area contributed by atoms with Crippen LogP contribution in [0.5, 0.6) is 0 Å². The Morgan fingerprint density at radius 3 is 2.68 bits per heavy atom. The first-order chi connectivity index (χ1) is 8.88. The summed E-state index contributed by atoms with van der Waals surface area (Å²) in [5.41, 5.74) is -1.00. The van der Waals surface area contributed by atoms with E-state index in [1.807, 2.05) is 25.1 Å². The summed E-state index contributed by atoms with van der Waals surface area (Å²) in [4.78, 5) is 1.23. The van der Waals surface area contributed by atoms with E-state index in [1.54, 1.807) is 18.3 Å². The van der Waals surface area contributed by atoms with Crippen LogP contribution in [-0.4, -0.2) is 11.7 Å². The fraction of sp³-hybridized carbons (Fsp3) is 0.429. The Morgan fingerprint density at radius 1 is 1.42 bits per heavy atom. The maximum atomic E-state index is 10.4. The molecule has 2 aromatic heterocycles. The molecule has 0 fully saturated rings. The maximum absolute atomic E-state index is 10.4. The minimum absolute atomic E-state index is 0.193. The number of hydrogen-bond acceptors (Lipinski definition) is 4. The standard InChI is InChI=1S/C14H18BrNO2S/c1-9-4-6-12(18-9)14(3,17)8-16-10(2)11-5-7-13(15)19-11/h4-7,10,16-17H,8H2,1-3H3. The zero-order valence-corrected chi connectivity index (χ0v) is 13.6. The lowest BCUT2D eigenvalue weighted by Gasteiger charge is -2.23. The molecule has 0 aromatic carbocycles. The molecule has 0 radical (unpaired) electrons. The number of halogens is 1. The van der Waals surface area contributed by atoms with Crippen LogP contribution >= 0.6 is 27.3 Å². The Morgan fingerprint density at radius 2 is 2.16 bits per heavy atom. The molecule has 0 bridgehead atoms. The quantitative estimate of drug-likeness (QED) is 0.863. The van der Waals surface area contributed by atoms with Crippen molar-refractivity contribution in [2.75, 3.05) is 6.54 Å². The molecule has 0 aliphatic rings. The van der Waals surface area contributed by atoms with Crippen molar-refractivity contribution >= 4 is 27.3 Å². The highest BCUT2D eigenvalue weighted by atomic mass is 79.9. The third-order valence-electron chi connectivity index (χ3n) is 3.04. The van der Waals surface area contributed by atoms with E-state index in [-0.39, 0.29) is 6.04 Å². The van der Waals surface area contributed by atoms with Gasteiger partial charge in [-0.3, -0.25) is 0 Å². The zero-order chi connectivity index (χ0) is 14.0. The van der Waals surface area contributed by atoms with Crippen LogP contribution < -0.4 is 5.32 Å². The first-order valence-corrected chi connectivity index (χ1v) is 7.77. The Hall–Kier alpha value is -0.620. The molecule has 0 aliphatic heterocycles. The lowest BCUT2D eigenvalue weighted by molar-refractivity contribution is 0.0314. The van der Waals surface area contributed by atoms with Crippen LogP contribution in [-0.2, 0) is 5.60 Å². The van der Waals surface area contributed by atoms with Gasteiger partial charge in [-0.1, -0.05) is 0 Å². The van der Waals surface area contributed by atoms with E-state index in [0.717, 1.165) is 9.55 Å². The van der Waals surface area contributed by atoms with Gasteiger partial charge in [0.2, 0.25) is 0 Å². The van der Waals surface area contributed by atoms with Gasteiger partial charge in [-0.25, -0.2) is 0 Å². The Kier molecular flexibility index (Phi) is 4.50. The summed E-state index contributed by atoms with van der Waals surface area (Å²) >= 11 is 5.15. The number of rotatable bonds is 5. The highest BCUT2D eigenvalue weighted by Crippen LogP contribution is 2.28. The summed E-state index contributed by atoms with van der Waals surface area (Å²) in [6, 6.07) is 8.00. The molecule has 0 aliphatic carbocycles. The average molecular weight is 344 g/mol. The van der Waals surface area contributed by atoms with Crippen molar-refractivity contribution in [2.24, 2.45) is 0 Å². The number of nitrogens with one attached hydrogen (secondary N) is 1. The summed E-state index contributed by atoms with van der Waals surface area (Å²) in [5, 5.41) is 13.8. The third-order valence-corrected chi connectivity index (χ3v) is 4.85. The third kappa shape index (κ3) is 3.69. The summed E-state index contributed by atoms with van der Waals surface area (Å²) in [6.45, 7) is 6.16. The van der Waals surface area contributed by atoms with Crippen molar-refractivity contribution in [1.82, 2.24) is 5.32 Å². The SMILES string of the molecule is Cc1ccc(C(C)(O)CNC(C)c2ccc(Br)s2)o1. The molecular weight excluding hydrogens is 326 g/mol. The molecule has 19 heavy (non-hydrogen) atoms. The first-order valence-electron chi connectivity index (χ1n) is 6.16. The van der Waals surface area contributed by atoms with Crippen molar-refractivity contribution in [1.29, 1.82) is 0 Å². The maximum Gasteiger partial charge on any atom is 0.136 e. The smallest absolute Gasteiger partial charge is 0.136 e. The van der Waals surface area contributed by atoms with Gasteiger partial charge >= 0.3 is 0 Å². The lowest BCUT2D eigenvalue weighted by Crippen LogP contribution is -2.36. The van der Waals surface area contributed by atoms with Gasteiger partial charge in [-0.05, 0) is 61.0 Å². The minimum atomic E-state index is -1.00. The van der Waals surface area contributed by atoms with Gasteiger partial charge in [0.25, 0.3) is 0 Å². The van der Waals surface area contributed by atoms with Crippen LogP contribution in [0, 0.1) is 6.92 Å². The van der Waals surface area contributed by atoms with E-state index in [0.29, 0.717) is 12.3 Å². The second-order valence-electron chi connectivity index (χ2n) is 4.93. The van der Waals surface area contributed by atoms with Crippen LogP contribution in [0.3, 0.4) is 0 Å². The number of furan rings is 1. The average Bonchev–Trinajstić information content (AvgIpc) is 2.95. The molecule has 5 heteroatoms. The monoisotopic (exact) mass is 343 g/mol. The first kappa shape index (κ1) is 14.8. The topological polar surface area (TPSA) is 45.4 Å². The van der Waals surface area contributed by atoms with Gasteiger partial charge < -0.3 is 14.8 Å². The predicted octanol–water partition coefficient (Wildman–Crippen LogP) is 3.97. The fourth-order valence-electron chi connectivity index (χ4n) is 1.82. The van der Waals surface area contributed by atoms with Crippen molar-refractivity contribution in [3.05, 3.63) is 44.4 Å². The Labute approximate surface area is 125 Å². The second kappa shape index (κ2) is 5.79. The van der Waals surface area contributed by atoms with Crippen LogP contribution in [0.25, 0.3) is 0 Å². The van der Waals surface area contributed by atoms with E-state index in [1.165, 1.54) is 4.88 Å². The molecule has 2 unspecified atom stereocenters. The van der Waals surface area contributed by atoms with Crippen LogP contribution in [0.2, 0.25) is 0 Å². The predicted molar refractivity (Wildman–Crippen MR) is 81.5 cm³/mol. The molecule has 2 N–H and O–H groups in total. The van der Waals surface area contributed by atoms with Crippen molar-refractivity contribution in [2.45, 2.75) is 32.4 Å². The Balaban J connectivity index is 1.97. The lowest BCUT2D eigenvalue weighted by atomic mass is 10.0. The van der Waals surface area contributed by atoms with Gasteiger partial charge in [0.05, 0.1) is 3.79 Å². The van der Waals surface area contributed by atoms with Crippen molar-refractivity contribution < 1.29 is 9.52 Å². The van der Waals surface area contributed by atoms with Crippen LogP contribution in [0.1, 0.15) is 36.3 Å². The zero-order valence-electron chi connectivity index (χ0n) is 11.2. The number of hydrogen-bond donors (Lipinski definition) is 2. The molecule has 2 rings (SSSR count). The van der Waals surface area contributed by atoms with Crippen molar-refractivity contribution in [3.63, 3.8) is 0 Å². The molecule has 0 spiro atoms. The van der Waals surface area contributed by atoms with Gasteiger partial charge in [-0.2, -0.15) is 0 Å². The number of aryl methyl sites for hydroxylation is 1. The van der Waals surface area contributed by atoms with Gasteiger partial charge in [-0.15, -0.1) is 11.3 Å². The van der Waals surface area contributed by atoms with Gasteiger partial charge in [0.15, 0.2) is 0 Å². The molecule has 2 atom stereocenters. The van der Waals surface area contributed by atoms with E-state index in [4.69, 9.17) is 4.42 Å². The van der Waals surface area contributed by atoms with E-state index >= 15 is 0 Å². The molecule has 0 saturated carbocycles. The number of thiophene rings is 1. The van der Waals surface area contributed by atoms with Crippen molar-refractivity contribution in [3.8, 4) is 0 Å². The van der Waals surface area contributed by atoms with E-state index in [9.17, 15) is 5.11 Å². The largest absolute Gasteiger partial charge is 0.463 e. The van der Waals surface area contributed by atoms with Crippen LogP contribution in [0.15, 0.2) is 32.5 Å². The molecule has 0 amide bonds.